The Morgan fingerprint density at radius 3 is 1.16 bits per heavy atom. The van der Waals surface area contributed by atoms with Crippen molar-refractivity contribution in [3.8, 4) is 0 Å². The Hall–Kier alpha value is -1.13. The highest BCUT2D eigenvalue weighted by Crippen LogP contribution is 2.39. The van der Waals surface area contributed by atoms with Crippen LogP contribution in [0.1, 0.15) is 40.3 Å². The van der Waals surface area contributed by atoms with Gasteiger partial charge in [0.2, 0.25) is 0 Å². The maximum Gasteiger partial charge on any atom is 0.0316 e. The number of hydrogen-bond acceptors (Lipinski definition) is 0. The van der Waals surface area contributed by atoms with Crippen molar-refractivity contribution in [1.82, 2.24) is 0 Å². The summed E-state index contributed by atoms with van der Waals surface area (Å²) >= 11 is 0. The molecule has 0 amide bonds. The first-order valence-corrected chi connectivity index (χ1v) is 7.33. The largest absolute Gasteiger partial charge is 0.122 e. The summed E-state index contributed by atoms with van der Waals surface area (Å²) in [7, 11) is 3.03. The Morgan fingerprint density at radius 1 is 0.632 bits per heavy atom. The second-order valence-corrected chi connectivity index (χ2v) is 7.11. The number of aryl methyl sites for hydroxylation is 4. The summed E-state index contributed by atoms with van der Waals surface area (Å²) in [4.78, 5) is 0. The number of benzene rings is 2. The van der Waals surface area contributed by atoms with Crippen LogP contribution in [0.15, 0.2) is 36.4 Å². The van der Waals surface area contributed by atoms with E-state index in [4.69, 9.17) is 0 Å². The van der Waals surface area contributed by atoms with Gasteiger partial charge in [0.05, 0.1) is 0 Å². The van der Waals surface area contributed by atoms with Crippen molar-refractivity contribution < 1.29 is 0 Å². The molecule has 1 heteroatoms. The predicted octanol–water partition coefficient (Wildman–Crippen LogP) is 5.06. The van der Waals surface area contributed by atoms with Crippen LogP contribution in [-0.2, 0) is 5.16 Å². The first kappa shape index (κ1) is 14.3. The fraction of sp³-hybridized carbons (Fsp3) is 0.333. The van der Waals surface area contributed by atoms with Gasteiger partial charge in [-0.25, -0.2) is 0 Å². The van der Waals surface area contributed by atoms with E-state index >= 15 is 0 Å². The van der Waals surface area contributed by atoms with E-state index in [0.29, 0.717) is 0 Å². The molecule has 2 aromatic rings. The maximum atomic E-state index is 3.03. The standard InChI is InChI=1S/C18H23P/c1-12-6-13(2)9-16(8-12)18(5,19)17-10-14(3)7-15(4)11-17/h6-11H,19H2,1-5H3. The zero-order valence-corrected chi connectivity index (χ0v) is 13.7. The van der Waals surface area contributed by atoms with Crippen molar-refractivity contribution in [2.24, 2.45) is 0 Å². The van der Waals surface area contributed by atoms with Crippen LogP contribution in [0.5, 0.6) is 0 Å². The zero-order chi connectivity index (χ0) is 14.2. The van der Waals surface area contributed by atoms with Gasteiger partial charge in [0.25, 0.3) is 0 Å². The first-order chi connectivity index (χ1) is 8.79. The fourth-order valence-corrected chi connectivity index (χ4v) is 3.05. The average molecular weight is 270 g/mol. The summed E-state index contributed by atoms with van der Waals surface area (Å²) in [6.45, 7) is 10.9. The molecule has 0 aliphatic heterocycles. The minimum Gasteiger partial charge on any atom is -0.122 e. The molecule has 0 heterocycles. The molecule has 0 radical (unpaired) electrons. The Morgan fingerprint density at radius 2 is 0.895 bits per heavy atom. The smallest absolute Gasteiger partial charge is 0.0316 e. The summed E-state index contributed by atoms with van der Waals surface area (Å²) < 4.78 is 0. The van der Waals surface area contributed by atoms with Crippen LogP contribution >= 0.6 is 9.24 Å². The summed E-state index contributed by atoms with van der Waals surface area (Å²) in [5, 5.41) is -0.0342. The van der Waals surface area contributed by atoms with Gasteiger partial charge in [0, 0.05) is 5.16 Å². The average Bonchev–Trinajstić information content (AvgIpc) is 2.26. The highest BCUT2D eigenvalue weighted by atomic mass is 31.0. The molecule has 0 aliphatic rings. The molecule has 0 aromatic heterocycles. The van der Waals surface area contributed by atoms with Gasteiger partial charge in [-0.3, -0.25) is 0 Å². The molecule has 0 saturated carbocycles. The molecule has 0 fully saturated rings. The minimum atomic E-state index is -0.0342. The van der Waals surface area contributed by atoms with Gasteiger partial charge < -0.3 is 0 Å². The van der Waals surface area contributed by atoms with E-state index in [1.54, 1.807) is 0 Å². The van der Waals surface area contributed by atoms with Crippen LogP contribution in [0.4, 0.5) is 0 Å². The molecule has 1 atom stereocenters. The Kier molecular flexibility index (Phi) is 3.83. The van der Waals surface area contributed by atoms with E-state index in [1.807, 2.05) is 0 Å². The molecular weight excluding hydrogens is 247 g/mol. The van der Waals surface area contributed by atoms with Gasteiger partial charge in [0.1, 0.15) is 0 Å². The summed E-state index contributed by atoms with van der Waals surface area (Å²) in [5.74, 6) is 0. The molecule has 2 rings (SSSR count). The van der Waals surface area contributed by atoms with Crippen LogP contribution in [-0.4, -0.2) is 0 Å². The monoisotopic (exact) mass is 270 g/mol. The Bertz CT molecular complexity index is 515. The van der Waals surface area contributed by atoms with Crippen LogP contribution in [0.3, 0.4) is 0 Å². The van der Waals surface area contributed by atoms with E-state index in [1.165, 1.54) is 33.4 Å². The second-order valence-electron chi connectivity index (χ2n) is 5.96. The highest BCUT2D eigenvalue weighted by Gasteiger charge is 2.24. The van der Waals surface area contributed by atoms with E-state index in [-0.39, 0.29) is 5.16 Å². The van der Waals surface area contributed by atoms with E-state index in [9.17, 15) is 0 Å². The molecular formula is C18H23P. The fourth-order valence-electron chi connectivity index (χ4n) is 2.72. The SMILES string of the molecule is Cc1cc(C)cc(C(C)(P)c2cc(C)cc(C)c2)c1. The molecule has 19 heavy (non-hydrogen) atoms. The van der Waals surface area contributed by atoms with Crippen molar-refractivity contribution in [2.75, 3.05) is 0 Å². The van der Waals surface area contributed by atoms with E-state index < -0.39 is 0 Å². The van der Waals surface area contributed by atoms with Crippen molar-refractivity contribution in [2.45, 2.75) is 39.8 Å². The van der Waals surface area contributed by atoms with E-state index in [2.05, 4.69) is 80.3 Å². The van der Waals surface area contributed by atoms with Gasteiger partial charge in [-0.1, -0.05) is 58.7 Å². The zero-order valence-electron chi connectivity index (χ0n) is 12.5. The molecule has 100 valence electrons. The lowest BCUT2D eigenvalue weighted by Gasteiger charge is -2.27. The number of hydrogen-bond donors (Lipinski definition) is 0. The topological polar surface area (TPSA) is 0 Å². The van der Waals surface area contributed by atoms with E-state index in [0.717, 1.165) is 0 Å². The molecule has 0 bridgehead atoms. The quantitative estimate of drug-likeness (QED) is 0.669. The van der Waals surface area contributed by atoms with Crippen molar-refractivity contribution in [3.05, 3.63) is 69.8 Å². The molecule has 0 saturated heterocycles. The third kappa shape index (κ3) is 3.07. The van der Waals surface area contributed by atoms with Gasteiger partial charge in [-0.05, 0) is 45.7 Å². The lowest BCUT2D eigenvalue weighted by Crippen LogP contribution is -2.15. The molecule has 2 aromatic carbocycles. The number of rotatable bonds is 2. The summed E-state index contributed by atoms with van der Waals surface area (Å²) in [6.07, 6.45) is 0. The third-order valence-electron chi connectivity index (χ3n) is 3.64. The molecule has 0 N–H and O–H groups in total. The van der Waals surface area contributed by atoms with Gasteiger partial charge in [-0.15, -0.1) is 9.24 Å². The highest BCUT2D eigenvalue weighted by molar-refractivity contribution is 7.18. The van der Waals surface area contributed by atoms with Crippen LogP contribution in [0, 0.1) is 27.7 Å². The van der Waals surface area contributed by atoms with Crippen molar-refractivity contribution >= 4 is 9.24 Å². The Balaban J connectivity index is 2.57. The molecule has 0 nitrogen and oxygen atoms in total. The maximum absolute atomic E-state index is 3.03. The van der Waals surface area contributed by atoms with Crippen molar-refractivity contribution in [3.63, 3.8) is 0 Å². The van der Waals surface area contributed by atoms with Crippen molar-refractivity contribution in [1.29, 1.82) is 0 Å². The predicted molar refractivity (Wildman–Crippen MR) is 88.0 cm³/mol. The second kappa shape index (κ2) is 5.10. The summed E-state index contributed by atoms with van der Waals surface area (Å²) in [6, 6.07) is 13.6. The normalized spacial score (nSPS) is 11.7. The lowest BCUT2D eigenvalue weighted by molar-refractivity contribution is 0.833. The van der Waals surface area contributed by atoms with Gasteiger partial charge >= 0.3 is 0 Å². The molecule has 1 unspecified atom stereocenters. The first-order valence-electron chi connectivity index (χ1n) is 6.75. The van der Waals surface area contributed by atoms with Crippen LogP contribution in [0.2, 0.25) is 0 Å². The van der Waals surface area contributed by atoms with Gasteiger partial charge in [-0.2, -0.15) is 0 Å². The van der Waals surface area contributed by atoms with Gasteiger partial charge in [0.15, 0.2) is 0 Å². The Labute approximate surface area is 119 Å². The van der Waals surface area contributed by atoms with Crippen LogP contribution in [0.25, 0.3) is 0 Å². The summed E-state index contributed by atoms with van der Waals surface area (Å²) in [5.41, 5.74) is 8.03. The minimum absolute atomic E-state index is 0.0342. The molecule has 0 aliphatic carbocycles. The van der Waals surface area contributed by atoms with Crippen LogP contribution < -0.4 is 0 Å². The third-order valence-corrected chi connectivity index (χ3v) is 4.31. The molecule has 0 spiro atoms. The lowest BCUT2D eigenvalue weighted by atomic mass is 9.88.